The predicted octanol–water partition coefficient (Wildman–Crippen LogP) is 3.63. The van der Waals surface area contributed by atoms with Crippen molar-refractivity contribution in [2.24, 2.45) is 0 Å². The Bertz CT molecular complexity index is 754. The van der Waals surface area contributed by atoms with Gasteiger partial charge in [0.05, 0.1) is 10.6 Å². The number of benzene rings is 1. The number of aromatic nitrogens is 2. The number of hydrogen-bond donors (Lipinski definition) is 2. The van der Waals surface area contributed by atoms with Crippen LogP contribution in [0, 0.1) is 0 Å². The van der Waals surface area contributed by atoms with E-state index in [1.54, 1.807) is 36.0 Å². The highest BCUT2D eigenvalue weighted by atomic mass is 35.5. The lowest BCUT2D eigenvalue weighted by atomic mass is 10.1. The maximum atomic E-state index is 12.6. The normalized spacial score (nSPS) is 11.8. The molecule has 0 aliphatic heterocycles. The van der Waals surface area contributed by atoms with Gasteiger partial charge >= 0.3 is 0 Å². The number of hydrogen-bond acceptors (Lipinski definition) is 6. The number of carbonyl (C=O) groups is 2. The number of nitrogens with one attached hydrogen (secondary N) is 2. The summed E-state index contributed by atoms with van der Waals surface area (Å²) >= 11 is 9.03. The smallest absolute Gasteiger partial charge is 0.253 e. The van der Waals surface area contributed by atoms with E-state index in [9.17, 15) is 9.59 Å². The van der Waals surface area contributed by atoms with E-state index in [2.05, 4.69) is 27.8 Å². The summed E-state index contributed by atoms with van der Waals surface area (Å²) < 4.78 is 0. The second-order valence-electron chi connectivity index (χ2n) is 5.53. The van der Waals surface area contributed by atoms with Crippen molar-refractivity contribution in [1.82, 2.24) is 15.5 Å². The first-order valence-electron chi connectivity index (χ1n) is 8.22. The first-order valence-corrected chi connectivity index (χ1v) is 10.8. The summed E-state index contributed by atoms with van der Waals surface area (Å²) in [4.78, 5) is 25.1. The van der Waals surface area contributed by atoms with Gasteiger partial charge in [-0.2, -0.15) is 11.8 Å². The third kappa shape index (κ3) is 5.96. The Kier molecular flexibility index (Phi) is 8.34. The predicted molar refractivity (Wildman–Crippen MR) is 108 cm³/mol. The van der Waals surface area contributed by atoms with Crippen LogP contribution in [0.25, 0.3) is 0 Å². The molecule has 6 nitrogen and oxygen atoms in total. The molecule has 1 unspecified atom stereocenters. The minimum atomic E-state index is -0.676. The molecule has 9 heteroatoms. The fraction of sp³-hybridized carbons (Fsp3) is 0.412. The largest absolute Gasteiger partial charge is 0.340 e. The van der Waals surface area contributed by atoms with E-state index >= 15 is 0 Å². The Labute approximate surface area is 166 Å². The summed E-state index contributed by atoms with van der Waals surface area (Å²) in [6, 6.07) is 6.08. The van der Waals surface area contributed by atoms with Crippen molar-refractivity contribution in [1.29, 1.82) is 0 Å². The van der Waals surface area contributed by atoms with Crippen LogP contribution in [-0.4, -0.2) is 40.1 Å². The minimum Gasteiger partial charge on any atom is -0.340 e. The van der Waals surface area contributed by atoms with Crippen molar-refractivity contribution in [3.8, 4) is 0 Å². The van der Waals surface area contributed by atoms with E-state index in [4.69, 9.17) is 11.6 Å². The zero-order chi connectivity index (χ0) is 18.9. The van der Waals surface area contributed by atoms with Crippen molar-refractivity contribution in [2.45, 2.75) is 32.2 Å². The lowest BCUT2D eigenvalue weighted by Crippen LogP contribution is -2.44. The highest BCUT2D eigenvalue weighted by Crippen LogP contribution is 2.18. The summed E-state index contributed by atoms with van der Waals surface area (Å²) in [5.41, 5.74) is 0.345. The van der Waals surface area contributed by atoms with Crippen LogP contribution in [0.15, 0.2) is 24.3 Å². The van der Waals surface area contributed by atoms with Crippen LogP contribution in [0.2, 0.25) is 5.02 Å². The Morgan fingerprint density at radius 3 is 2.77 bits per heavy atom. The van der Waals surface area contributed by atoms with Gasteiger partial charge in [0.25, 0.3) is 5.91 Å². The lowest BCUT2D eigenvalue weighted by Gasteiger charge is -2.17. The van der Waals surface area contributed by atoms with E-state index in [0.717, 1.165) is 23.6 Å². The fourth-order valence-electron chi connectivity index (χ4n) is 2.20. The van der Waals surface area contributed by atoms with Gasteiger partial charge in [0.1, 0.15) is 11.0 Å². The summed E-state index contributed by atoms with van der Waals surface area (Å²) in [6.07, 6.45) is 4.25. The van der Waals surface area contributed by atoms with Gasteiger partial charge in [0.2, 0.25) is 11.0 Å². The molecule has 2 N–H and O–H groups in total. The van der Waals surface area contributed by atoms with E-state index in [1.165, 1.54) is 11.3 Å². The highest BCUT2D eigenvalue weighted by molar-refractivity contribution is 7.98. The van der Waals surface area contributed by atoms with Crippen LogP contribution >= 0.6 is 34.7 Å². The quantitative estimate of drug-likeness (QED) is 0.656. The molecule has 0 spiro atoms. The van der Waals surface area contributed by atoms with E-state index in [-0.39, 0.29) is 11.8 Å². The molecule has 0 aliphatic rings. The number of halogens is 1. The van der Waals surface area contributed by atoms with Gasteiger partial charge in [-0.15, -0.1) is 10.2 Å². The second-order valence-corrected chi connectivity index (χ2v) is 7.98. The highest BCUT2D eigenvalue weighted by Gasteiger charge is 2.23. The summed E-state index contributed by atoms with van der Waals surface area (Å²) in [6.45, 7) is 2.06. The molecular formula is C17H21ClN4O2S2. The maximum Gasteiger partial charge on any atom is 0.253 e. The standard InChI is InChI=1S/C17H21ClN4O2S2/c1-3-6-14-21-22-17(26-14)20-16(24)13(9-10-25-2)19-15(23)11-7-4-5-8-12(11)18/h4-5,7-8,13H,3,6,9-10H2,1-2H3,(H,19,23)(H,20,22,24). The molecule has 0 fully saturated rings. The molecule has 26 heavy (non-hydrogen) atoms. The second kappa shape index (κ2) is 10.5. The number of carbonyl (C=O) groups excluding carboxylic acids is 2. The topological polar surface area (TPSA) is 84.0 Å². The Morgan fingerprint density at radius 1 is 1.31 bits per heavy atom. The molecule has 0 saturated heterocycles. The van der Waals surface area contributed by atoms with Gasteiger partial charge < -0.3 is 5.32 Å². The molecule has 0 aliphatic carbocycles. The summed E-state index contributed by atoms with van der Waals surface area (Å²) in [5.74, 6) is 0.0531. The molecule has 0 bridgehead atoms. The first kappa shape index (κ1) is 20.7. The number of aryl methyl sites for hydroxylation is 1. The summed E-state index contributed by atoms with van der Waals surface area (Å²) in [7, 11) is 0. The molecule has 2 rings (SSSR count). The monoisotopic (exact) mass is 412 g/mol. The van der Waals surface area contributed by atoms with Crippen LogP contribution in [0.4, 0.5) is 5.13 Å². The molecule has 1 aromatic carbocycles. The summed E-state index contributed by atoms with van der Waals surface area (Å²) in [5, 5.41) is 15.2. The van der Waals surface area contributed by atoms with Gasteiger partial charge in [-0.25, -0.2) is 0 Å². The molecular weight excluding hydrogens is 392 g/mol. The van der Waals surface area contributed by atoms with Crippen molar-refractivity contribution < 1.29 is 9.59 Å². The lowest BCUT2D eigenvalue weighted by molar-refractivity contribution is -0.118. The molecule has 1 aromatic heterocycles. The van der Waals surface area contributed by atoms with E-state index in [0.29, 0.717) is 22.1 Å². The zero-order valence-electron chi connectivity index (χ0n) is 14.6. The molecule has 1 atom stereocenters. The fourth-order valence-corrected chi connectivity index (χ4v) is 3.73. The van der Waals surface area contributed by atoms with Crippen LogP contribution in [0.5, 0.6) is 0 Å². The minimum absolute atomic E-state index is 0.307. The third-order valence-electron chi connectivity index (χ3n) is 3.51. The van der Waals surface area contributed by atoms with Crippen LogP contribution in [0.1, 0.15) is 35.1 Å². The molecule has 0 radical (unpaired) electrons. The number of amides is 2. The molecule has 140 valence electrons. The van der Waals surface area contributed by atoms with Crippen molar-refractivity contribution in [2.75, 3.05) is 17.3 Å². The van der Waals surface area contributed by atoms with Gasteiger partial charge in [-0.1, -0.05) is 42.0 Å². The van der Waals surface area contributed by atoms with Crippen LogP contribution in [0.3, 0.4) is 0 Å². The maximum absolute atomic E-state index is 12.6. The molecule has 2 aromatic rings. The van der Waals surface area contributed by atoms with Gasteiger partial charge in [-0.05, 0) is 37.0 Å². The Morgan fingerprint density at radius 2 is 2.08 bits per heavy atom. The van der Waals surface area contributed by atoms with Gasteiger partial charge in [0, 0.05) is 6.42 Å². The van der Waals surface area contributed by atoms with Gasteiger partial charge in [-0.3, -0.25) is 14.9 Å². The average molecular weight is 413 g/mol. The van der Waals surface area contributed by atoms with Crippen LogP contribution in [-0.2, 0) is 11.2 Å². The molecule has 0 saturated carbocycles. The van der Waals surface area contributed by atoms with Gasteiger partial charge in [0.15, 0.2) is 0 Å². The third-order valence-corrected chi connectivity index (χ3v) is 5.38. The van der Waals surface area contributed by atoms with Crippen molar-refractivity contribution in [3.63, 3.8) is 0 Å². The number of anilines is 1. The number of rotatable bonds is 9. The van der Waals surface area contributed by atoms with Crippen molar-refractivity contribution >= 4 is 51.6 Å². The SMILES string of the molecule is CCCc1nnc(NC(=O)C(CCSC)NC(=O)c2ccccc2Cl)s1. The van der Waals surface area contributed by atoms with E-state index < -0.39 is 6.04 Å². The number of nitrogens with zero attached hydrogens (tertiary/aromatic N) is 2. The number of thioether (sulfide) groups is 1. The first-order chi connectivity index (χ1) is 12.5. The zero-order valence-corrected chi connectivity index (χ0v) is 17.0. The average Bonchev–Trinajstić information content (AvgIpc) is 3.06. The Hall–Kier alpha value is -1.64. The Balaban J connectivity index is 2.06. The van der Waals surface area contributed by atoms with E-state index in [1.807, 2.05) is 6.26 Å². The molecule has 2 amide bonds. The molecule has 1 heterocycles. The van der Waals surface area contributed by atoms with Crippen LogP contribution < -0.4 is 10.6 Å². The van der Waals surface area contributed by atoms with Crippen molar-refractivity contribution in [3.05, 3.63) is 39.9 Å².